The van der Waals surface area contributed by atoms with Crippen molar-refractivity contribution < 1.29 is 14.3 Å². The lowest BCUT2D eigenvalue weighted by molar-refractivity contribution is -0.145. The van der Waals surface area contributed by atoms with Crippen LogP contribution >= 0.6 is 39.1 Å². The van der Waals surface area contributed by atoms with Gasteiger partial charge in [-0.3, -0.25) is 9.59 Å². The molecule has 1 aromatic carbocycles. The summed E-state index contributed by atoms with van der Waals surface area (Å²) in [5.41, 5.74) is 0.463. The zero-order valence-electron chi connectivity index (χ0n) is 11.3. The van der Waals surface area contributed by atoms with Gasteiger partial charge >= 0.3 is 5.97 Å². The summed E-state index contributed by atoms with van der Waals surface area (Å²) < 4.78 is 6.02. The van der Waals surface area contributed by atoms with E-state index in [1.807, 2.05) is 0 Å². The van der Waals surface area contributed by atoms with Crippen molar-refractivity contribution in [1.29, 1.82) is 0 Å². The molecule has 4 rings (SSSR count). The molecular weight excluding hydrogens is 393 g/mol. The highest BCUT2D eigenvalue weighted by Crippen LogP contribution is 2.57. The van der Waals surface area contributed by atoms with Gasteiger partial charge in [0, 0.05) is 10.4 Å². The van der Waals surface area contributed by atoms with Gasteiger partial charge < -0.3 is 10.1 Å². The molecule has 4 nitrogen and oxygen atoms in total. The molecule has 22 heavy (non-hydrogen) atoms. The topological polar surface area (TPSA) is 55.4 Å². The summed E-state index contributed by atoms with van der Waals surface area (Å²) in [4.78, 5) is 24.6. The van der Waals surface area contributed by atoms with Crippen LogP contribution in [-0.2, 0) is 14.3 Å². The Hall–Kier alpha value is -0.780. The number of esters is 1. The van der Waals surface area contributed by atoms with Crippen molar-refractivity contribution in [3.8, 4) is 0 Å². The maximum atomic E-state index is 12.7. The average Bonchev–Trinajstić information content (AvgIpc) is 3.09. The van der Waals surface area contributed by atoms with Gasteiger partial charge in [0.25, 0.3) is 0 Å². The molecule has 3 fully saturated rings. The SMILES string of the molecule is O=C(Nc1ccc(Br)c(Cl)c1Cl)[C@H]1[C@@H]2C[C@H]3[C@@H]1C(=O)O[C@@H]3C2. The molecule has 1 heterocycles. The number of carbonyl (C=O) groups excluding carboxylic acids is 2. The molecule has 5 atom stereocenters. The molecule has 1 aliphatic heterocycles. The molecule has 0 spiro atoms. The highest BCUT2D eigenvalue weighted by atomic mass is 79.9. The number of nitrogens with one attached hydrogen (secondary N) is 1. The number of amides is 1. The standard InChI is InChI=1S/C15H12BrCl2NO3/c16-7-1-2-8(13(18)12(7)17)19-14(20)10-5-3-6-9(4-5)22-15(21)11(6)10/h1-2,5-6,9-11H,3-4H2,(H,19,20)/t5-,6-,9-,10+,11+/m1/s1. The van der Waals surface area contributed by atoms with Gasteiger partial charge in [-0.05, 0) is 46.8 Å². The van der Waals surface area contributed by atoms with Gasteiger partial charge in [-0.25, -0.2) is 0 Å². The van der Waals surface area contributed by atoms with Gasteiger partial charge in [0.2, 0.25) is 5.91 Å². The van der Waals surface area contributed by atoms with Crippen molar-refractivity contribution in [2.24, 2.45) is 23.7 Å². The van der Waals surface area contributed by atoms with Gasteiger partial charge in [-0.15, -0.1) is 0 Å². The van der Waals surface area contributed by atoms with Crippen molar-refractivity contribution in [2.45, 2.75) is 18.9 Å². The first-order chi connectivity index (χ1) is 10.5. The highest BCUT2D eigenvalue weighted by Gasteiger charge is 2.63. The zero-order chi connectivity index (χ0) is 15.6. The largest absolute Gasteiger partial charge is 0.462 e. The quantitative estimate of drug-likeness (QED) is 0.600. The fraction of sp³-hybridized carbons (Fsp3) is 0.467. The number of hydrogen-bond acceptors (Lipinski definition) is 3. The molecule has 1 saturated heterocycles. The minimum absolute atomic E-state index is 0.0252. The molecule has 3 aliphatic rings. The second-order valence-corrected chi connectivity index (χ2v) is 7.74. The van der Waals surface area contributed by atoms with Crippen molar-refractivity contribution >= 4 is 56.7 Å². The number of rotatable bonds is 2. The number of fused-ring (bicyclic) bond motifs is 1. The predicted molar refractivity (Wildman–Crippen MR) is 85.9 cm³/mol. The number of carbonyl (C=O) groups is 2. The lowest BCUT2D eigenvalue weighted by Gasteiger charge is -2.23. The third-order valence-corrected chi connectivity index (χ3v) is 6.85. The predicted octanol–water partition coefficient (Wildman–Crippen LogP) is 3.89. The van der Waals surface area contributed by atoms with Crippen molar-refractivity contribution in [1.82, 2.24) is 0 Å². The lowest BCUT2D eigenvalue weighted by Crippen LogP contribution is -2.35. The van der Waals surface area contributed by atoms with Gasteiger partial charge in [0.05, 0.1) is 27.6 Å². The van der Waals surface area contributed by atoms with E-state index >= 15 is 0 Å². The van der Waals surface area contributed by atoms with Crippen LogP contribution in [0.25, 0.3) is 0 Å². The third-order valence-electron chi connectivity index (χ3n) is 5.08. The number of hydrogen-bond donors (Lipinski definition) is 1. The smallest absolute Gasteiger partial charge is 0.310 e. The molecule has 116 valence electrons. The van der Waals surface area contributed by atoms with Crippen LogP contribution in [0.1, 0.15) is 12.8 Å². The van der Waals surface area contributed by atoms with Gasteiger partial charge in [-0.1, -0.05) is 23.2 Å². The van der Waals surface area contributed by atoms with Crippen LogP contribution in [0, 0.1) is 23.7 Å². The Morgan fingerprint density at radius 2 is 2.05 bits per heavy atom. The Morgan fingerprint density at radius 3 is 2.82 bits per heavy atom. The van der Waals surface area contributed by atoms with Gasteiger partial charge in [0.1, 0.15) is 6.10 Å². The molecular formula is C15H12BrCl2NO3. The molecule has 0 radical (unpaired) electrons. The molecule has 0 aromatic heterocycles. The van der Waals surface area contributed by atoms with E-state index in [-0.39, 0.29) is 41.7 Å². The number of anilines is 1. The second-order valence-electron chi connectivity index (χ2n) is 6.13. The Kier molecular flexibility index (Phi) is 3.44. The summed E-state index contributed by atoms with van der Waals surface area (Å²) in [5.74, 6) is -0.596. The Balaban J connectivity index is 1.59. The van der Waals surface area contributed by atoms with E-state index in [0.717, 1.165) is 12.8 Å². The number of halogens is 3. The number of benzene rings is 1. The van der Waals surface area contributed by atoms with Crippen LogP contribution in [0.5, 0.6) is 0 Å². The summed E-state index contributed by atoms with van der Waals surface area (Å²) in [6.45, 7) is 0. The van der Waals surface area contributed by atoms with Crippen LogP contribution < -0.4 is 5.32 Å². The minimum Gasteiger partial charge on any atom is -0.462 e. The zero-order valence-corrected chi connectivity index (χ0v) is 14.4. The lowest BCUT2D eigenvalue weighted by atomic mass is 9.79. The molecule has 1 aromatic rings. The van der Waals surface area contributed by atoms with Crippen LogP contribution in [0.4, 0.5) is 5.69 Å². The minimum atomic E-state index is -0.324. The molecule has 2 aliphatic carbocycles. The molecule has 1 N–H and O–H groups in total. The average molecular weight is 405 g/mol. The summed E-state index contributed by atoms with van der Waals surface area (Å²) in [7, 11) is 0. The van der Waals surface area contributed by atoms with Gasteiger partial charge in [0.15, 0.2) is 0 Å². The molecule has 7 heteroatoms. The van der Waals surface area contributed by atoms with E-state index in [4.69, 9.17) is 27.9 Å². The van der Waals surface area contributed by atoms with E-state index in [9.17, 15) is 9.59 Å². The Labute approximate surface area is 145 Å². The summed E-state index contributed by atoms with van der Waals surface area (Å²) in [6.07, 6.45) is 1.71. The fourth-order valence-corrected chi connectivity index (χ4v) is 5.02. The molecule has 2 bridgehead atoms. The first kappa shape index (κ1) is 14.8. The maximum Gasteiger partial charge on any atom is 0.310 e. The van der Waals surface area contributed by atoms with Crippen molar-refractivity contribution in [3.05, 3.63) is 26.7 Å². The first-order valence-corrected chi connectivity index (χ1v) is 8.67. The second kappa shape index (κ2) is 5.11. The van der Waals surface area contributed by atoms with E-state index in [1.54, 1.807) is 12.1 Å². The molecule has 1 amide bonds. The summed E-state index contributed by atoms with van der Waals surface area (Å²) >= 11 is 15.5. The van der Waals surface area contributed by atoms with E-state index in [1.165, 1.54) is 0 Å². The fourth-order valence-electron chi connectivity index (χ4n) is 4.20. The van der Waals surface area contributed by atoms with Crippen LogP contribution in [-0.4, -0.2) is 18.0 Å². The van der Waals surface area contributed by atoms with Crippen LogP contribution in [0.15, 0.2) is 16.6 Å². The van der Waals surface area contributed by atoms with Crippen LogP contribution in [0.2, 0.25) is 10.0 Å². The maximum absolute atomic E-state index is 12.7. The molecule has 0 unspecified atom stereocenters. The summed E-state index contributed by atoms with van der Waals surface area (Å²) in [6, 6.07) is 3.42. The van der Waals surface area contributed by atoms with Crippen LogP contribution in [0.3, 0.4) is 0 Å². The monoisotopic (exact) mass is 403 g/mol. The van der Waals surface area contributed by atoms with Crippen molar-refractivity contribution in [2.75, 3.05) is 5.32 Å². The normalized spacial score (nSPS) is 34.9. The van der Waals surface area contributed by atoms with E-state index < -0.39 is 0 Å². The highest BCUT2D eigenvalue weighted by molar-refractivity contribution is 9.10. The summed E-state index contributed by atoms with van der Waals surface area (Å²) in [5, 5.41) is 3.47. The Morgan fingerprint density at radius 1 is 1.27 bits per heavy atom. The Bertz CT molecular complexity index is 694. The van der Waals surface area contributed by atoms with Gasteiger partial charge in [-0.2, -0.15) is 0 Å². The van der Waals surface area contributed by atoms with E-state index in [2.05, 4.69) is 21.2 Å². The third kappa shape index (κ3) is 2.02. The van der Waals surface area contributed by atoms with E-state index in [0.29, 0.717) is 20.2 Å². The van der Waals surface area contributed by atoms with Crippen molar-refractivity contribution in [3.63, 3.8) is 0 Å². The number of ether oxygens (including phenoxy) is 1. The molecule has 2 saturated carbocycles. The first-order valence-electron chi connectivity index (χ1n) is 7.12.